The molecule has 5 aromatic rings. The van der Waals surface area contributed by atoms with Crippen LogP contribution in [0.2, 0.25) is 5.02 Å². The SMILES string of the molecule is COc1cccc(C(=O)Oc2ccc(C=NNC(=O)c3[nH]c4ccc(C)cc4c3-c3ccccc3Cl)cc2OC)c1. The number of amides is 1. The van der Waals surface area contributed by atoms with E-state index in [2.05, 4.69) is 15.5 Å². The molecule has 5 rings (SSSR count). The van der Waals surface area contributed by atoms with Crippen LogP contribution in [0.1, 0.15) is 32.0 Å². The third-order valence-electron chi connectivity index (χ3n) is 6.40. The number of nitrogens with zero attached hydrogens (tertiary/aromatic N) is 1. The molecule has 206 valence electrons. The van der Waals surface area contributed by atoms with Crippen LogP contribution >= 0.6 is 11.6 Å². The maximum absolute atomic E-state index is 13.3. The number of ether oxygens (including phenoxy) is 3. The van der Waals surface area contributed by atoms with Gasteiger partial charge >= 0.3 is 5.97 Å². The van der Waals surface area contributed by atoms with Crippen LogP contribution < -0.4 is 19.6 Å². The van der Waals surface area contributed by atoms with Gasteiger partial charge in [-0.2, -0.15) is 5.10 Å². The van der Waals surface area contributed by atoms with Gasteiger partial charge < -0.3 is 19.2 Å². The van der Waals surface area contributed by atoms with Crippen molar-refractivity contribution in [3.63, 3.8) is 0 Å². The molecular formula is C32H26ClN3O5. The van der Waals surface area contributed by atoms with Gasteiger partial charge in [0.15, 0.2) is 11.5 Å². The number of esters is 1. The number of hydrogen-bond donors (Lipinski definition) is 2. The summed E-state index contributed by atoms with van der Waals surface area (Å²) in [6.07, 6.45) is 1.47. The molecule has 0 saturated carbocycles. The van der Waals surface area contributed by atoms with E-state index in [-0.39, 0.29) is 5.75 Å². The monoisotopic (exact) mass is 567 g/mol. The van der Waals surface area contributed by atoms with Crippen LogP contribution in [0, 0.1) is 6.92 Å². The van der Waals surface area contributed by atoms with E-state index in [1.54, 1.807) is 48.5 Å². The molecule has 0 fully saturated rings. The van der Waals surface area contributed by atoms with Gasteiger partial charge in [-0.25, -0.2) is 10.2 Å². The van der Waals surface area contributed by atoms with Crippen LogP contribution in [0.15, 0.2) is 90.0 Å². The molecule has 41 heavy (non-hydrogen) atoms. The predicted molar refractivity (Wildman–Crippen MR) is 159 cm³/mol. The van der Waals surface area contributed by atoms with Crippen molar-refractivity contribution < 1.29 is 23.8 Å². The number of nitrogens with one attached hydrogen (secondary N) is 2. The molecule has 0 aliphatic carbocycles. The molecule has 0 aliphatic rings. The molecule has 0 aliphatic heterocycles. The van der Waals surface area contributed by atoms with E-state index in [9.17, 15) is 9.59 Å². The first-order valence-corrected chi connectivity index (χ1v) is 13.0. The largest absolute Gasteiger partial charge is 0.497 e. The van der Waals surface area contributed by atoms with Gasteiger partial charge in [-0.1, -0.05) is 47.5 Å². The highest BCUT2D eigenvalue weighted by Crippen LogP contribution is 2.37. The number of hydrogen-bond acceptors (Lipinski definition) is 6. The highest BCUT2D eigenvalue weighted by atomic mass is 35.5. The molecule has 0 radical (unpaired) electrons. The van der Waals surface area contributed by atoms with Crippen LogP contribution in [0.4, 0.5) is 0 Å². The van der Waals surface area contributed by atoms with Crippen molar-refractivity contribution >= 4 is 40.6 Å². The van der Waals surface area contributed by atoms with E-state index < -0.39 is 11.9 Å². The molecular weight excluding hydrogens is 542 g/mol. The molecule has 9 heteroatoms. The van der Waals surface area contributed by atoms with Gasteiger partial charge in [0, 0.05) is 27.1 Å². The first-order chi connectivity index (χ1) is 19.9. The fourth-order valence-electron chi connectivity index (χ4n) is 4.40. The zero-order chi connectivity index (χ0) is 28.9. The first kappa shape index (κ1) is 27.5. The number of methoxy groups -OCH3 is 2. The van der Waals surface area contributed by atoms with Gasteiger partial charge in [-0.05, 0) is 67.1 Å². The van der Waals surface area contributed by atoms with E-state index >= 15 is 0 Å². The number of benzene rings is 4. The third-order valence-corrected chi connectivity index (χ3v) is 6.73. The van der Waals surface area contributed by atoms with E-state index in [0.29, 0.717) is 38.9 Å². The number of aromatic amines is 1. The van der Waals surface area contributed by atoms with Gasteiger partial charge in [0.2, 0.25) is 0 Å². The van der Waals surface area contributed by atoms with Crippen molar-refractivity contribution in [2.75, 3.05) is 14.2 Å². The number of carbonyl (C=O) groups excluding carboxylic acids is 2. The van der Waals surface area contributed by atoms with Crippen molar-refractivity contribution in [3.05, 3.63) is 112 Å². The molecule has 2 N–H and O–H groups in total. The van der Waals surface area contributed by atoms with Crippen LogP contribution in [0.3, 0.4) is 0 Å². The molecule has 0 saturated heterocycles. The van der Waals surface area contributed by atoms with E-state index in [1.807, 2.05) is 43.3 Å². The summed E-state index contributed by atoms with van der Waals surface area (Å²) in [6.45, 7) is 1.99. The summed E-state index contributed by atoms with van der Waals surface area (Å²) >= 11 is 6.51. The average molecular weight is 568 g/mol. The number of aromatic nitrogens is 1. The predicted octanol–water partition coefficient (Wildman–Crippen LogP) is 6.80. The van der Waals surface area contributed by atoms with Gasteiger partial charge in [0.25, 0.3) is 5.91 Å². The summed E-state index contributed by atoms with van der Waals surface area (Å²) in [7, 11) is 2.99. The van der Waals surface area contributed by atoms with Gasteiger partial charge in [0.1, 0.15) is 11.4 Å². The molecule has 1 heterocycles. The maximum Gasteiger partial charge on any atom is 0.343 e. The Kier molecular flexibility index (Phi) is 8.03. The topological polar surface area (TPSA) is 102 Å². The molecule has 1 amide bonds. The molecule has 0 spiro atoms. The second kappa shape index (κ2) is 12.0. The summed E-state index contributed by atoms with van der Waals surface area (Å²) in [6, 6.07) is 24.9. The minimum Gasteiger partial charge on any atom is -0.497 e. The van der Waals surface area contributed by atoms with Gasteiger partial charge in [-0.3, -0.25) is 4.79 Å². The summed E-state index contributed by atoms with van der Waals surface area (Å²) in [5.41, 5.74) is 7.18. The fourth-order valence-corrected chi connectivity index (χ4v) is 4.63. The molecule has 0 unspecified atom stereocenters. The maximum atomic E-state index is 13.3. The summed E-state index contributed by atoms with van der Waals surface area (Å²) in [5.74, 6) is 0.115. The molecule has 0 atom stereocenters. The number of H-pyrrole nitrogens is 1. The lowest BCUT2D eigenvalue weighted by Gasteiger charge is -2.10. The molecule has 1 aromatic heterocycles. The zero-order valence-electron chi connectivity index (χ0n) is 22.5. The lowest BCUT2D eigenvalue weighted by molar-refractivity contribution is 0.0729. The Balaban J connectivity index is 1.36. The van der Waals surface area contributed by atoms with E-state index in [1.165, 1.54) is 20.4 Å². The van der Waals surface area contributed by atoms with Crippen LogP contribution in [0.5, 0.6) is 17.2 Å². The minimum atomic E-state index is -0.557. The standard InChI is InChI=1S/C32H26ClN3O5/c1-19-11-13-26-24(15-19)29(23-9-4-5-10-25(23)33)30(35-26)31(37)36-34-18-20-12-14-27(28(16-20)40-3)41-32(38)21-7-6-8-22(17-21)39-2/h4-18,35H,1-3H3,(H,36,37). The lowest BCUT2D eigenvalue weighted by atomic mass is 10.0. The Morgan fingerprint density at radius 2 is 1.73 bits per heavy atom. The number of rotatable bonds is 8. The second-order valence-corrected chi connectivity index (χ2v) is 9.54. The molecule has 0 bridgehead atoms. The molecule has 8 nitrogen and oxygen atoms in total. The Morgan fingerprint density at radius 3 is 2.51 bits per heavy atom. The number of carbonyl (C=O) groups is 2. The number of halogens is 1. The number of hydrazone groups is 1. The Labute approximate surface area is 241 Å². The normalized spacial score (nSPS) is 11.0. The summed E-state index contributed by atoms with van der Waals surface area (Å²) < 4.78 is 16.1. The lowest BCUT2D eigenvalue weighted by Crippen LogP contribution is -2.19. The number of fused-ring (bicyclic) bond motifs is 1. The van der Waals surface area contributed by atoms with E-state index in [4.69, 9.17) is 25.8 Å². The van der Waals surface area contributed by atoms with Crippen LogP contribution in [0.25, 0.3) is 22.0 Å². The second-order valence-electron chi connectivity index (χ2n) is 9.13. The Hall–Kier alpha value is -5.08. The van der Waals surface area contributed by atoms with Crippen molar-refractivity contribution in [3.8, 4) is 28.4 Å². The van der Waals surface area contributed by atoms with Gasteiger partial charge in [-0.15, -0.1) is 0 Å². The van der Waals surface area contributed by atoms with Crippen molar-refractivity contribution in [2.45, 2.75) is 6.92 Å². The zero-order valence-corrected chi connectivity index (χ0v) is 23.3. The van der Waals surface area contributed by atoms with Crippen LogP contribution in [-0.4, -0.2) is 37.3 Å². The van der Waals surface area contributed by atoms with Crippen molar-refractivity contribution in [1.82, 2.24) is 10.4 Å². The smallest absolute Gasteiger partial charge is 0.343 e. The summed E-state index contributed by atoms with van der Waals surface area (Å²) in [5, 5.41) is 5.56. The third kappa shape index (κ3) is 5.92. The fraction of sp³-hybridized carbons (Fsp3) is 0.0938. The highest BCUT2D eigenvalue weighted by molar-refractivity contribution is 6.34. The highest BCUT2D eigenvalue weighted by Gasteiger charge is 2.21. The Morgan fingerprint density at radius 1 is 0.902 bits per heavy atom. The van der Waals surface area contributed by atoms with Crippen molar-refractivity contribution in [1.29, 1.82) is 0 Å². The van der Waals surface area contributed by atoms with Crippen LogP contribution in [-0.2, 0) is 0 Å². The minimum absolute atomic E-state index is 0.235. The number of aryl methyl sites for hydroxylation is 1. The summed E-state index contributed by atoms with van der Waals surface area (Å²) in [4.78, 5) is 29.1. The average Bonchev–Trinajstić information content (AvgIpc) is 3.36. The van der Waals surface area contributed by atoms with E-state index in [0.717, 1.165) is 22.0 Å². The first-order valence-electron chi connectivity index (χ1n) is 12.6. The molecule has 4 aromatic carbocycles. The van der Waals surface area contributed by atoms with Crippen molar-refractivity contribution in [2.24, 2.45) is 5.10 Å². The Bertz CT molecular complexity index is 1790. The quantitative estimate of drug-likeness (QED) is 0.0929. The van der Waals surface area contributed by atoms with Gasteiger partial charge in [0.05, 0.1) is 26.0 Å².